The Kier molecular flexibility index (Phi) is 10.8. The van der Waals surface area contributed by atoms with Crippen LogP contribution in [0.1, 0.15) is 51.3 Å². The number of amides is 3. The number of anilines is 1. The van der Waals surface area contributed by atoms with Crippen molar-refractivity contribution in [3.63, 3.8) is 0 Å². The number of hydrogen-bond acceptors (Lipinski definition) is 8. The maximum atomic E-state index is 13.7. The summed E-state index contributed by atoms with van der Waals surface area (Å²) < 4.78 is 5.62. The molecule has 45 heavy (non-hydrogen) atoms. The predicted octanol–water partition coefficient (Wildman–Crippen LogP) is 4.73. The molecule has 240 valence electrons. The number of hydrazine groups is 1. The van der Waals surface area contributed by atoms with Gasteiger partial charge in [0.15, 0.2) is 0 Å². The topological polar surface area (TPSA) is 111 Å². The van der Waals surface area contributed by atoms with Crippen molar-refractivity contribution in [1.82, 2.24) is 29.8 Å². The van der Waals surface area contributed by atoms with E-state index < -0.39 is 11.7 Å². The van der Waals surface area contributed by atoms with Gasteiger partial charge in [0.2, 0.25) is 5.91 Å². The fourth-order valence-corrected chi connectivity index (χ4v) is 5.05. The third kappa shape index (κ3) is 9.01. The van der Waals surface area contributed by atoms with E-state index in [1.165, 1.54) is 16.0 Å². The van der Waals surface area contributed by atoms with Crippen molar-refractivity contribution in [2.45, 2.75) is 66.3 Å². The number of aryl methyl sites for hydroxylation is 1. The van der Waals surface area contributed by atoms with Gasteiger partial charge in [-0.2, -0.15) is 0 Å². The van der Waals surface area contributed by atoms with Gasteiger partial charge in [-0.05, 0) is 64.3 Å². The first kappa shape index (κ1) is 33.4. The number of nitrogens with zero attached hydrogens (tertiary/aromatic N) is 6. The summed E-state index contributed by atoms with van der Waals surface area (Å²) in [7, 11) is 1.73. The Hall–Kier alpha value is -4.51. The highest BCUT2D eigenvalue weighted by Gasteiger charge is 2.29. The van der Waals surface area contributed by atoms with Crippen LogP contribution in [0.25, 0.3) is 11.3 Å². The van der Waals surface area contributed by atoms with Gasteiger partial charge >= 0.3 is 6.09 Å². The first-order valence-corrected chi connectivity index (χ1v) is 15.3. The summed E-state index contributed by atoms with van der Waals surface area (Å²) in [5.74, 6) is -0.482. The van der Waals surface area contributed by atoms with Gasteiger partial charge in [0.25, 0.3) is 5.91 Å². The van der Waals surface area contributed by atoms with Crippen molar-refractivity contribution in [3.05, 3.63) is 77.7 Å². The largest absolute Gasteiger partial charge is 0.444 e. The predicted molar refractivity (Wildman–Crippen MR) is 174 cm³/mol. The Labute approximate surface area is 266 Å². The molecule has 1 aliphatic heterocycles. The van der Waals surface area contributed by atoms with Gasteiger partial charge in [-0.3, -0.25) is 24.6 Å². The molecule has 11 heteroatoms. The summed E-state index contributed by atoms with van der Waals surface area (Å²) in [6, 6.07) is 13.8. The smallest absolute Gasteiger partial charge is 0.410 e. The van der Waals surface area contributed by atoms with Crippen LogP contribution < -0.4 is 5.32 Å². The summed E-state index contributed by atoms with van der Waals surface area (Å²) in [6.45, 7) is 12.6. The van der Waals surface area contributed by atoms with Crippen molar-refractivity contribution >= 4 is 23.6 Å². The average Bonchev–Trinajstić information content (AvgIpc) is 3.43. The molecule has 2 heterocycles. The number of rotatable bonds is 11. The molecule has 4 rings (SSSR count). The van der Waals surface area contributed by atoms with Gasteiger partial charge in [0.05, 0.1) is 18.4 Å². The molecule has 1 aromatic heterocycles. The number of aromatic nitrogens is 2. The summed E-state index contributed by atoms with van der Waals surface area (Å²) in [5.41, 5.74) is 5.03. The van der Waals surface area contributed by atoms with E-state index in [4.69, 9.17) is 4.74 Å². The van der Waals surface area contributed by atoms with Crippen LogP contribution in [0.5, 0.6) is 0 Å². The van der Waals surface area contributed by atoms with E-state index in [0.717, 1.165) is 22.5 Å². The van der Waals surface area contributed by atoms with Gasteiger partial charge in [0.1, 0.15) is 12.1 Å². The zero-order valence-electron chi connectivity index (χ0n) is 27.4. The molecule has 0 atom stereocenters. The zero-order valence-corrected chi connectivity index (χ0v) is 27.4. The standard InChI is InChI=1S/C34H45N7O4/c1-24(2)41(33(44)45-34(4,5)6)17-16-39(23-32(43)38(7)40-21-27-10-8-9-11-28(27)22-40)31(42)20-37-29-18-26(13-12-25(29)3)30-19-35-14-15-36-30/h8-15,18-19,24,37H,16-17,20-23H2,1-7H3. The maximum Gasteiger partial charge on any atom is 0.410 e. The Morgan fingerprint density at radius 3 is 2.29 bits per heavy atom. The monoisotopic (exact) mass is 615 g/mol. The molecule has 0 aliphatic carbocycles. The SMILES string of the molecule is Cc1ccc(-c2cnccn2)cc1NCC(=O)N(CCN(C(=O)OC(C)(C)C)C(C)C)CC(=O)N(C)N1Cc2ccccc2C1. The molecule has 3 amide bonds. The maximum absolute atomic E-state index is 13.7. The second-order valence-electron chi connectivity index (χ2n) is 12.6. The van der Waals surface area contributed by atoms with Crippen LogP contribution in [0.3, 0.4) is 0 Å². The van der Waals surface area contributed by atoms with E-state index in [1.807, 2.05) is 76.9 Å². The molecule has 0 bridgehead atoms. The Morgan fingerprint density at radius 1 is 1.00 bits per heavy atom. The highest BCUT2D eigenvalue weighted by Crippen LogP contribution is 2.25. The molecule has 2 aromatic carbocycles. The molecule has 0 saturated carbocycles. The first-order chi connectivity index (χ1) is 21.3. The van der Waals surface area contributed by atoms with Gasteiger partial charge in [-0.15, -0.1) is 0 Å². The van der Waals surface area contributed by atoms with Gasteiger partial charge in [0, 0.05) is 62.9 Å². The molecule has 1 aliphatic rings. The molecular weight excluding hydrogens is 570 g/mol. The minimum absolute atomic E-state index is 0.0367. The van der Waals surface area contributed by atoms with Crippen LogP contribution in [0.4, 0.5) is 10.5 Å². The number of ether oxygens (including phenoxy) is 1. The Bertz CT molecular complexity index is 1460. The van der Waals surface area contributed by atoms with Crippen LogP contribution in [-0.2, 0) is 27.4 Å². The number of carbonyl (C=O) groups excluding carboxylic acids is 3. The van der Waals surface area contributed by atoms with E-state index in [2.05, 4.69) is 27.4 Å². The second-order valence-corrected chi connectivity index (χ2v) is 12.6. The van der Waals surface area contributed by atoms with E-state index in [0.29, 0.717) is 13.1 Å². The minimum atomic E-state index is -0.659. The molecule has 11 nitrogen and oxygen atoms in total. The lowest BCUT2D eigenvalue weighted by Gasteiger charge is -2.33. The number of hydrogen-bond donors (Lipinski definition) is 1. The first-order valence-electron chi connectivity index (χ1n) is 15.3. The molecule has 0 fully saturated rings. The number of likely N-dealkylation sites (N-methyl/N-ethyl adjacent to an activating group) is 1. The summed E-state index contributed by atoms with van der Waals surface area (Å²) >= 11 is 0. The Morgan fingerprint density at radius 2 is 1.69 bits per heavy atom. The highest BCUT2D eigenvalue weighted by atomic mass is 16.6. The van der Waals surface area contributed by atoms with Gasteiger partial charge in [-0.25, -0.2) is 9.80 Å². The summed E-state index contributed by atoms with van der Waals surface area (Å²) in [5, 5.41) is 6.82. The molecule has 3 aromatic rings. The third-order valence-electron chi connectivity index (χ3n) is 7.68. The van der Waals surface area contributed by atoms with Crippen molar-refractivity contribution in [2.24, 2.45) is 0 Å². The highest BCUT2D eigenvalue weighted by molar-refractivity contribution is 5.87. The van der Waals surface area contributed by atoms with Crippen LogP contribution >= 0.6 is 0 Å². The number of benzene rings is 2. The average molecular weight is 616 g/mol. The third-order valence-corrected chi connectivity index (χ3v) is 7.68. The van der Waals surface area contributed by atoms with E-state index in [-0.39, 0.29) is 44.0 Å². The van der Waals surface area contributed by atoms with Crippen LogP contribution in [0, 0.1) is 6.92 Å². The van der Waals surface area contributed by atoms with Gasteiger partial charge in [-0.1, -0.05) is 36.4 Å². The molecule has 1 N–H and O–H groups in total. The van der Waals surface area contributed by atoms with Gasteiger partial charge < -0.3 is 19.9 Å². The van der Waals surface area contributed by atoms with Crippen molar-refractivity contribution in [2.75, 3.05) is 38.5 Å². The van der Waals surface area contributed by atoms with Crippen molar-refractivity contribution < 1.29 is 19.1 Å². The number of fused-ring (bicyclic) bond motifs is 1. The lowest BCUT2D eigenvalue weighted by atomic mass is 10.1. The molecular formula is C34H45N7O4. The van der Waals surface area contributed by atoms with Crippen molar-refractivity contribution in [1.29, 1.82) is 0 Å². The molecule has 0 saturated heterocycles. The quantitative estimate of drug-likeness (QED) is 0.330. The minimum Gasteiger partial charge on any atom is -0.444 e. The lowest BCUT2D eigenvalue weighted by molar-refractivity contribution is -0.151. The number of nitrogens with one attached hydrogen (secondary N) is 1. The van der Waals surface area contributed by atoms with Crippen LogP contribution in [0.15, 0.2) is 61.1 Å². The fraction of sp³-hybridized carbons (Fsp3) is 0.441. The van der Waals surface area contributed by atoms with E-state index >= 15 is 0 Å². The molecule has 0 radical (unpaired) electrons. The second kappa shape index (κ2) is 14.5. The number of carbonyl (C=O) groups is 3. The Balaban J connectivity index is 1.48. The van der Waals surface area contributed by atoms with E-state index in [9.17, 15) is 14.4 Å². The summed E-state index contributed by atoms with van der Waals surface area (Å²) in [4.78, 5) is 51.9. The van der Waals surface area contributed by atoms with Crippen molar-refractivity contribution in [3.8, 4) is 11.3 Å². The van der Waals surface area contributed by atoms with Crippen LogP contribution in [0.2, 0.25) is 0 Å². The van der Waals surface area contributed by atoms with Crippen LogP contribution in [-0.4, -0.2) is 92.6 Å². The zero-order chi connectivity index (χ0) is 32.7. The fourth-order valence-electron chi connectivity index (χ4n) is 5.05. The lowest BCUT2D eigenvalue weighted by Crippen LogP contribution is -2.51. The van der Waals surface area contributed by atoms with E-state index in [1.54, 1.807) is 35.5 Å². The molecule has 0 unspecified atom stereocenters. The molecule has 0 spiro atoms. The normalized spacial score (nSPS) is 12.9. The summed E-state index contributed by atoms with van der Waals surface area (Å²) in [6.07, 6.45) is 4.48.